The minimum Gasteiger partial charge on any atom is -0.454 e. The van der Waals surface area contributed by atoms with E-state index in [1.54, 1.807) is 6.07 Å². The smallest absolute Gasteiger partial charge is 0.231 e. The molecule has 3 aromatic rings. The van der Waals surface area contributed by atoms with Crippen LogP contribution in [0.4, 0.5) is 5.69 Å². The summed E-state index contributed by atoms with van der Waals surface area (Å²) in [5.74, 6) is 1.27. The number of nitrogens with two attached hydrogens (primary N) is 1. The lowest BCUT2D eigenvalue weighted by Gasteiger charge is -2.14. The van der Waals surface area contributed by atoms with Crippen molar-refractivity contribution < 1.29 is 9.47 Å². The Hall–Kier alpha value is -3.48. The Balaban J connectivity index is 1.98. The van der Waals surface area contributed by atoms with Gasteiger partial charge >= 0.3 is 0 Å². The van der Waals surface area contributed by atoms with Crippen molar-refractivity contribution in [1.82, 2.24) is 0 Å². The summed E-state index contributed by atoms with van der Waals surface area (Å²) in [6, 6.07) is 19.1. The molecule has 0 atom stereocenters. The van der Waals surface area contributed by atoms with Gasteiger partial charge in [0.2, 0.25) is 6.79 Å². The Morgan fingerprint density at radius 3 is 2.07 bits per heavy atom. The maximum Gasteiger partial charge on any atom is 0.231 e. The maximum absolute atomic E-state index is 9.67. The maximum atomic E-state index is 9.67. The summed E-state index contributed by atoms with van der Waals surface area (Å²) in [5.41, 5.74) is 9.88. The molecule has 1 aliphatic heterocycles. The molecule has 0 spiro atoms. The Bertz CT molecular complexity index is 1140. The Kier molecular flexibility index (Phi) is 4.19. The molecule has 27 heavy (non-hydrogen) atoms. The summed E-state index contributed by atoms with van der Waals surface area (Å²) in [4.78, 5) is 0. The van der Waals surface area contributed by atoms with Crippen LogP contribution in [0.2, 0.25) is 0 Å². The van der Waals surface area contributed by atoms with E-state index in [4.69, 9.17) is 15.2 Å². The third-order valence-corrected chi connectivity index (χ3v) is 4.96. The molecule has 0 radical (unpaired) electrons. The average Bonchev–Trinajstić information content (AvgIpc) is 3.15. The topological polar surface area (TPSA) is 92.1 Å². The molecular weight excluding hydrogens is 406 g/mol. The van der Waals surface area contributed by atoms with Crippen molar-refractivity contribution in [1.29, 1.82) is 10.5 Å². The molecule has 0 aromatic heterocycles. The minimum absolute atomic E-state index is 0.170. The lowest BCUT2D eigenvalue weighted by Crippen LogP contribution is -2.00. The van der Waals surface area contributed by atoms with Crippen LogP contribution >= 0.6 is 15.9 Å². The first-order valence-electron chi connectivity index (χ1n) is 8.05. The summed E-state index contributed by atoms with van der Waals surface area (Å²) in [6.07, 6.45) is 0. The van der Waals surface area contributed by atoms with Gasteiger partial charge < -0.3 is 15.2 Å². The first-order valence-corrected chi connectivity index (χ1v) is 8.84. The lowest BCUT2D eigenvalue weighted by atomic mass is 9.89. The number of nitrogens with zero attached hydrogens (tertiary/aromatic N) is 2. The summed E-state index contributed by atoms with van der Waals surface area (Å²) in [6.45, 7) is 0.170. The minimum atomic E-state index is 0.170. The number of nitrogen functional groups attached to an aromatic ring is 1. The van der Waals surface area contributed by atoms with Gasteiger partial charge in [-0.15, -0.1) is 0 Å². The van der Waals surface area contributed by atoms with Crippen molar-refractivity contribution in [3.8, 4) is 45.9 Å². The van der Waals surface area contributed by atoms with E-state index in [1.165, 1.54) is 0 Å². The lowest BCUT2D eigenvalue weighted by molar-refractivity contribution is 0.174. The molecule has 0 fully saturated rings. The normalized spacial score (nSPS) is 11.7. The second-order valence-electron chi connectivity index (χ2n) is 5.93. The van der Waals surface area contributed by atoms with Gasteiger partial charge in [-0.3, -0.25) is 0 Å². The molecule has 6 heteroatoms. The van der Waals surface area contributed by atoms with Crippen LogP contribution in [-0.4, -0.2) is 6.79 Å². The van der Waals surface area contributed by atoms with Crippen LogP contribution in [-0.2, 0) is 0 Å². The van der Waals surface area contributed by atoms with E-state index in [1.807, 2.05) is 42.5 Å². The number of ether oxygens (including phenoxy) is 2. The molecule has 2 N–H and O–H groups in total. The van der Waals surface area contributed by atoms with E-state index in [9.17, 15) is 10.5 Å². The van der Waals surface area contributed by atoms with Gasteiger partial charge in [-0.2, -0.15) is 10.5 Å². The summed E-state index contributed by atoms with van der Waals surface area (Å²) < 4.78 is 11.7. The van der Waals surface area contributed by atoms with E-state index >= 15 is 0 Å². The monoisotopic (exact) mass is 417 g/mol. The summed E-state index contributed by atoms with van der Waals surface area (Å²) in [5, 5.41) is 19.3. The number of halogens is 1. The number of fused-ring (bicyclic) bond motifs is 1. The van der Waals surface area contributed by atoms with E-state index in [0.29, 0.717) is 28.2 Å². The van der Waals surface area contributed by atoms with E-state index in [2.05, 4.69) is 28.1 Å². The number of hydrogen-bond acceptors (Lipinski definition) is 5. The van der Waals surface area contributed by atoms with Crippen LogP contribution in [0.25, 0.3) is 22.3 Å². The zero-order chi connectivity index (χ0) is 19.0. The van der Waals surface area contributed by atoms with E-state index in [0.717, 1.165) is 15.6 Å². The highest BCUT2D eigenvalue weighted by molar-refractivity contribution is 9.10. The molecule has 0 saturated carbocycles. The number of rotatable bonds is 2. The number of nitriles is 2. The second-order valence-corrected chi connectivity index (χ2v) is 6.85. The highest BCUT2D eigenvalue weighted by Gasteiger charge is 2.20. The molecule has 4 rings (SSSR count). The van der Waals surface area contributed by atoms with Crippen LogP contribution in [0, 0.1) is 22.7 Å². The molecule has 3 aromatic carbocycles. The number of benzene rings is 3. The van der Waals surface area contributed by atoms with Gasteiger partial charge in [-0.1, -0.05) is 34.1 Å². The third-order valence-electron chi connectivity index (χ3n) is 4.43. The fourth-order valence-electron chi connectivity index (χ4n) is 3.09. The standard InChI is InChI=1S/C21H12BrN3O2/c22-14-4-1-12(2-5-14)15-8-16(18(10-24)21(25)17(15)9-23)13-3-6-19-20(7-13)27-11-26-19/h1-8H,11,25H2. The van der Waals surface area contributed by atoms with Gasteiger partial charge in [0.1, 0.15) is 12.1 Å². The largest absolute Gasteiger partial charge is 0.454 e. The fourth-order valence-corrected chi connectivity index (χ4v) is 3.36. The van der Waals surface area contributed by atoms with Crippen LogP contribution in [0.5, 0.6) is 11.5 Å². The predicted octanol–water partition coefficient (Wildman–Crippen LogP) is 4.84. The van der Waals surface area contributed by atoms with Crippen molar-refractivity contribution >= 4 is 21.6 Å². The number of hydrogen-bond donors (Lipinski definition) is 1. The Morgan fingerprint density at radius 1 is 0.815 bits per heavy atom. The zero-order valence-electron chi connectivity index (χ0n) is 14.0. The van der Waals surface area contributed by atoms with Gasteiger partial charge in [0.25, 0.3) is 0 Å². The third kappa shape index (κ3) is 2.87. The molecule has 130 valence electrons. The van der Waals surface area contributed by atoms with E-state index < -0.39 is 0 Å². The Labute approximate surface area is 164 Å². The van der Waals surface area contributed by atoms with Crippen molar-refractivity contribution in [3.05, 3.63) is 64.1 Å². The van der Waals surface area contributed by atoms with Gasteiger partial charge in [0, 0.05) is 15.6 Å². The van der Waals surface area contributed by atoms with Crippen molar-refractivity contribution in [2.75, 3.05) is 12.5 Å². The molecule has 1 heterocycles. The second kappa shape index (κ2) is 6.68. The molecule has 5 nitrogen and oxygen atoms in total. The van der Waals surface area contributed by atoms with Crippen LogP contribution in [0.15, 0.2) is 53.0 Å². The van der Waals surface area contributed by atoms with E-state index in [-0.39, 0.29) is 18.0 Å². The molecule has 0 bridgehead atoms. The fraction of sp³-hybridized carbons (Fsp3) is 0.0476. The summed E-state index contributed by atoms with van der Waals surface area (Å²) in [7, 11) is 0. The van der Waals surface area contributed by atoms with Crippen LogP contribution in [0.3, 0.4) is 0 Å². The zero-order valence-corrected chi connectivity index (χ0v) is 15.6. The highest BCUT2D eigenvalue weighted by Crippen LogP contribution is 2.41. The molecule has 0 unspecified atom stereocenters. The van der Waals surface area contributed by atoms with Gasteiger partial charge in [0.15, 0.2) is 11.5 Å². The van der Waals surface area contributed by atoms with Crippen LogP contribution < -0.4 is 15.2 Å². The number of anilines is 1. The van der Waals surface area contributed by atoms with Gasteiger partial charge in [-0.05, 0) is 41.5 Å². The quantitative estimate of drug-likeness (QED) is 0.602. The van der Waals surface area contributed by atoms with Crippen molar-refractivity contribution in [2.24, 2.45) is 0 Å². The molecule has 0 aliphatic carbocycles. The molecule has 0 amide bonds. The first kappa shape index (κ1) is 17.0. The SMILES string of the molecule is N#Cc1c(-c2ccc(Br)cc2)cc(-c2ccc3c(c2)OCO3)c(C#N)c1N. The van der Waals surface area contributed by atoms with Crippen molar-refractivity contribution in [2.45, 2.75) is 0 Å². The molecule has 1 aliphatic rings. The average molecular weight is 418 g/mol. The first-order chi connectivity index (χ1) is 13.1. The van der Waals surface area contributed by atoms with Gasteiger partial charge in [0.05, 0.1) is 16.8 Å². The van der Waals surface area contributed by atoms with Crippen molar-refractivity contribution in [3.63, 3.8) is 0 Å². The van der Waals surface area contributed by atoms with Crippen LogP contribution in [0.1, 0.15) is 11.1 Å². The molecular formula is C21H12BrN3O2. The molecule has 0 saturated heterocycles. The van der Waals surface area contributed by atoms with Gasteiger partial charge in [-0.25, -0.2) is 0 Å². The highest BCUT2D eigenvalue weighted by atomic mass is 79.9. The predicted molar refractivity (Wildman–Crippen MR) is 105 cm³/mol. The Morgan fingerprint density at radius 2 is 1.41 bits per heavy atom. The summed E-state index contributed by atoms with van der Waals surface area (Å²) >= 11 is 3.41.